The Labute approximate surface area is 82.8 Å². The van der Waals surface area contributed by atoms with Crippen molar-refractivity contribution in [2.24, 2.45) is 11.8 Å². The summed E-state index contributed by atoms with van der Waals surface area (Å²) in [6.45, 7) is 6.47. The summed E-state index contributed by atoms with van der Waals surface area (Å²) in [5.74, 6) is 1.87. The van der Waals surface area contributed by atoms with Crippen LogP contribution in [-0.2, 0) is 0 Å². The van der Waals surface area contributed by atoms with E-state index in [1.54, 1.807) is 0 Å². The minimum Gasteiger partial charge on any atom is -0.381 e. The molecule has 1 aliphatic rings. The Hall–Kier alpha value is -0.460. The summed E-state index contributed by atoms with van der Waals surface area (Å²) < 4.78 is 0. The third kappa shape index (κ3) is 3.41. The molecule has 0 unspecified atom stereocenters. The monoisotopic (exact) mass is 181 g/mol. The number of rotatable bonds is 3. The standard InChI is InChI=1S/C12H23N/c1-10-5-7-12(8-6-10)9-11(2)13(3)4/h10,12H,2,5-9H2,1,3-4H3. The quantitative estimate of drug-likeness (QED) is 0.646. The van der Waals surface area contributed by atoms with E-state index in [1.165, 1.54) is 37.8 Å². The van der Waals surface area contributed by atoms with Crippen LogP contribution in [0.3, 0.4) is 0 Å². The van der Waals surface area contributed by atoms with Crippen LogP contribution in [0.5, 0.6) is 0 Å². The summed E-state index contributed by atoms with van der Waals surface area (Å²) in [5.41, 5.74) is 1.29. The fourth-order valence-electron chi connectivity index (χ4n) is 2.05. The summed E-state index contributed by atoms with van der Waals surface area (Å²) in [5, 5.41) is 0. The highest BCUT2D eigenvalue weighted by atomic mass is 15.1. The summed E-state index contributed by atoms with van der Waals surface area (Å²) in [6.07, 6.45) is 6.87. The van der Waals surface area contributed by atoms with Crippen LogP contribution < -0.4 is 0 Å². The summed E-state index contributed by atoms with van der Waals surface area (Å²) in [7, 11) is 4.18. The lowest BCUT2D eigenvalue weighted by atomic mass is 9.81. The minimum atomic E-state index is 0.908. The van der Waals surface area contributed by atoms with Crippen molar-refractivity contribution in [1.82, 2.24) is 4.90 Å². The van der Waals surface area contributed by atoms with Crippen LogP contribution in [0, 0.1) is 11.8 Å². The number of nitrogens with zero attached hydrogens (tertiary/aromatic N) is 1. The van der Waals surface area contributed by atoms with E-state index >= 15 is 0 Å². The fourth-order valence-corrected chi connectivity index (χ4v) is 2.05. The van der Waals surface area contributed by atoms with Crippen LogP contribution in [0.25, 0.3) is 0 Å². The van der Waals surface area contributed by atoms with Crippen molar-refractivity contribution >= 4 is 0 Å². The molecular formula is C12H23N. The second-order valence-electron chi connectivity index (χ2n) is 4.79. The molecule has 1 fully saturated rings. The Kier molecular flexibility index (Phi) is 3.83. The first-order valence-electron chi connectivity index (χ1n) is 5.44. The molecule has 1 saturated carbocycles. The second-order valence-corrected chi connectivity index (χ2v) is 4.79. The molecule has 0 saturated heterocycles. The van der Waals surface area contributed by atoms with Crippen molar-refractivity contribution in [3.8, 4) is 0 Å². The first kappa shape index (κ1) is 10.6. The molecule has 0 spiro atoms. The van der Waals surface area contributed by atoms with E-state index < -0.39 is 0 Å². The fraction of sp³-hybridized carbons (Fsp3) is 0.833. The van der Waals surface area contributed by atoms with Crippen LogP contribution in [0.15, 0.2) is 12.3 Å². The summed E-state index contributed by atoms with van der Waals surface area (Å²) >= 11 is 0. The van der Waals surface area contributed by atoms with Gasteiger partial charge in [0.2, 0.25) is 0 Å². The van der Waals surface area contributed by atoms with Crippen LogP contribution >= 0.6 is 0 Å². The van der Waals surface area contributed by atoms with Crippen LogP contribution in [0.2, 0.25) is 0 Å². The Morgan fingerprint density at radius 2 is 1.77 bits per heavy atom. The average molecular weight is 181 g/mol. The van der Waals surface area contributed by atoms with Crippen LogP contribution in [0.1, 0.15) is 39.0 Å². The molecule has 1 nitrogen and oxygen atoms in total. The van der Waals surface area contributed by atoms with Crippen molar-refractivity contribution in [2.75, 3.05) is 14.1 Å². The molecular weight excluding hydrogens is 158 g/mol. The topological polar surface area (TPSA) is 3.24 Å². The molecule has 0 heterocycles. The zero-order valence-corrected chi connectivity index (χ0v) is 9.34. The van der Waals surface area contributed by atoms with E-state index in [9.17, 15) is 0 Å². The smallest absolute Gasteiger partial charge is 0.00579 e. The normalized spacial score (nSPS) is 28.5. The van der Waals surface area contributed by atoms with Gasteiger partial charge in [0.25, 0.3) is 0 Å². The van der Waals surface area contributed by atoms with Gasteiger partial charge < -0.3 is 4.90 Å². The third-order valence-corrected chi connectivity index (χ3v) is 3.29. The third-order valence-electron chi connectivity index (χ3n) is 3.29. The summed E-state index contributed by atoms with van der Waals surface area (Å²) in [6, 6.07) is 0. The van der Waals surface area contributed by atoms with E-state index in [4.69, 9.17) is 0 Å². The Bertz CT molecular complexity index is 164. The Morgan fingerprint density at radius 1 is 1.23 bits per heavy atom. The van der Waals surface area contributed by atoms with Gasteiger partial charge in [-0.15, -0.1) is 0 Å². The largest absolute Gasteiger partial charge is 0.381 e. The van der Waals surface area contributed by atoms with Gasteiger partial charge in [-0.25, -0.2) is 0 Å². The molecule has 13 heavy (non-hydrogen) atoms. The van der Waals surface area contributed by atoms with Crippen molar-refractivity contribution in [2.45, 2.75) is 39.0 Å². The van der Waals surface area contributed by atoms with E-state index in [0.29, 0.717) is 0 Å². The van der Waals surface area contributed by atoms with Crippen LogP contribution in [0.4, 0.5) is 0 Å². The predicted octanol–water partition coefficient (Wildman–Crippen LogP) is 3.28. The maximum absolute atomic E-state index is 4.09. The lowest BCUT2D eigenvalue weighted by Gasteiger charge is -2.28. The van der Waals surface area contributed by atoms with Gasteiger partial charge in [-0.3, -0.25) is 0 Å². The van der Waals surface area contributed by atoms with E-state index in [2.05, 4.69) is 32.5 Å². The van der Waals surface area contributed by atoms with Gasteiger partial charge in [-0.05, 0) is 31.1 Å². The zero-order chi connectivity index (χ0) is 9.84. The molecule has 0 radical (unpaired) electrons. The lowest BCUT2D eigenvalue weighted by Crippen LogP contribution is -2.17. The van der Waals surface area contributed by atoms with E-state index in [0.717, 1.165) is 11.8 Å². The molecule has 0 aromatic rings. The molecule has 0 bridgehead atoms. The van der Waals surface area contributed by atoms with Crippen molar-refractivity contribution in [3.05, 3.63) is 12.3 Å². The van der Waals surface area contributed by atoms with Crippen molar-refractivity contribution in [1.29, 1.82) is 0 Å². The van der Waals surface area contributed by atoms with Gasteiger partial charge in [0.1, 0.15) is 0 Å². The van der Waals surface area contributed by atoms with Gasteiger partial charge in [-0.1, -0.05) is 26.3 Å². The highest BCUT2D eigenvalue weighted by molar-refractivity contribution is 4.93. The van der Waals surface area contributed by atoms with E-state index in [1.807, 2.05) is 0 Å². The van der Waals surface area contributed by atoms with Crippen molar-refractivity contribution in [3.63, 3.8) is 0 Å². The maximum atomic E-state index is 4.09. The summed E-state index contributed by atoms with van der Waals surface area (Å²) in [4.78, 5) is 2.15. The molecule has 76 valence electrons. The molecule has 1 heteroatoms. The first-order valence-corrected chi connectivity index (χ1v) is 5.44. The minimum absolute atomic E-state index is 0.908. The molecule has 0 amide bonds. The highest BCUT2D eigenvalue weighted by Gasteiger charge is 2.18. The Balaban J connectivity index is 2.26. The SMILES string of the molecule is C=C(CC1CCC(C)CC1)N(C)C. The lowest BCUT2D eigenvalue weighted by molar-refractivity contribution is 0.276. The van der Waals surface area contributed by atoms with Gasteiger partial charge >= 0.3 is 0 Å². The molecule has 0 N–H and O–H groups in total. The Morgan fingerprint density at radius 3 is 2.23 bits per heavy atom. The van der Waals surface area contributed by atoms with Gasteiger partial charge in [0, 0.05) is 19.8 Å². The van der Waals surface area contributed by atoms with E-state index in [-0.39, 0.29) is 0 Å². The van der Waals surface area contributed by atoms with Gasteiger partial charge in [0.15, 0.2) is 0 Å². The number of hydrogen-bond acceptors (Lipinski definition) is 1. The zero-order valence-electron chi connectivity index (χ0n) is 9.34. The van der Waals surface area contributed by atoms with Crippen molar-refractivity contribution < 1.29 is 0 Å². The van der Waals surface area contributed by atoms with Crippen LogP contribution in [-0.4, -0.2) is 19.0 Å². The predicted molar refractivity (Wildman–Crippen MR) is 58.6 cm³/mol. The molecule has 1 aliphatic carbocycles. The first-order chi connectivity index (χ1) is 6.09. The maximum Gasteiger partial charge on any atom is 0.00579 e. The van der Waals surface area contributed by atoms with Gasteiger partial charge in [-0.2, -0.15) is 0 Å². The number of hydrogen-bond donors (Lipinski definition) is 0. The molecule has 0 aromatic carbocycles. The average Bonchev–Trinajstić information content (AvgIpc) is 2.08. The molecule has 0 atom stereocenters. The number of allylic oxidation sites excluding steroid dienone is 1. The van der Waals surface area contributed by atoms with Gasteiger partial charge in [0.05, 0.1) is 0 Å². The second kappa shape index (κ2) is 4.69. The molecule has 0 aromatic heterocycles. The molecule has 0 aliphatic heterocycles. The molecule has 1 rings (SSSR count). The highest BCUT2D eigenvalue weighted by Crippen LogP contribution is 2.32.